The maximum Gasteiger partial charge on any atom is 0.303 e. The van der Waals surface area contributed by atoms with Gasteiger partial charge in [0.05, 0.1) is 6.20 Å². The van der Waals surface area contributed by atoms with Crippen molar-refractivity contribution >= 4 is 11.9 Å². The van der Waals surface area contributed by atoms with Gasteiger partial charge in [0, 0.05) is 13.0 Å². The molecule has 1 aromatic heterocycles. The lowest BCUT2D eigenvalue weighted by Gasteiger charge is -2.08. The Hall–Kier alpha value is -1.92. The van der Waals surface area contributed by atoms with Crippen LogP contribution in [0.5, 0.6) is 0 Å². The molecule has 7 nitrogen and oxygen atoms in total. The van der Waals surface area contributed by atoms with Crippen molar-refractivity contribution in [1.29, 1.82) is 0 Å². The fourth-order valence-corrected chi connectivity index (χ4v) is 1.04. The van der Waals surface area contributed by atoms with Gasteiger partial charge in [-0.3, -0.25) is 9.59 Å². The summed E-state index contributed by atoms with van der Waals surface area (Å²) >= 11 is 0. The lowest BCUT2D eigenvalue weighted by Crippen LogP contribution is -2.29. The molecule has 0 spiro atoms. The van der Waals surface area contributed by atoms with E-state index in [1.165, 1.54) is 6.20 Å². The molecule has 0 aromatic carbocycles. The molecule has 7 heteroatoms. The highest BCUT2D eigenvalue weighted by Crippen LogP contribution is 1.99. The molecule has 1 aromatic rings. The second-order valence-corrected chi connectivity index (χ2v) is 3.27. The highest BCUT2D eigenvalue weighted by molar-refractivity contribution is 5.91. The summed E-state index contributed by atoms with van der Waals surface area (Å²) in [5.74, 6) is -1.35. The molecular weight excluding hydrogens is 200 g/mol. The van der Waals surface area contributed by atoms with Crippen LogP contribution in [0.15, 0.2) is 6.20 Å². The summed E-state index contributed by atoms with van der Waals surface area (Å²) < 4.78 is 0. The van der Waals surface area contributed by atoms with Crippen LogP contribution >= 0.6 is 0 Å². The van der Waals surface area contributed by atoms with E-state index in [0.717, 1.165) is 0 Å². The third-order valence-electron chi connectivity index (χ3n) is 1.78. The fraction of sp³-hybridized carbons (Fsp3) is 0.500. The first kappa shape index (κ1) is 11.2. The summed E-state index contributed by atoms with van der Waals surface area (Å²) in [7, 11) is 0. The number of nitrogens with zero attached hydrogens (tertiary/aromatic N) is 2. The molecule has 0 aliphatic rings. The number of amides is 1. The molecule has 0 saturated carbocycles. The zero-order valence-corrected chi connectivity index (χ0v) is 8.23. The van der Waals surface area contributed by atoms with Crippen molar-refractivity contribution in [2.24, 2.45) is 5.92 Å². The third-order valence-corrected chi connectivity index (χ3v) is 1.78. The van der Waals surface area contributed by atoms with Crippen molar-refractivity contribution in [2.45, 2.75) is 13.3 Å². The molecule has 1 amide bonds. The van der Waals surface area contributed by atoms with Gasteiger partial charge in [0.15, 0.2) is 5.69 Å². The van der Waals surface area contributed by atoms with Crippen LogP contribution in [0.1, 0.15) is 23.8 Å². The average Bonchev–Trinajstić information content (AvgIpc) is 2.65. The lowest BCUT2D eigenvalue weighted by molar-refractivity contribution is -0.137. The molecule has 82 valence electrons. The molecule has 0 saturated heterocycles. The Morgan fingerprint density at radius 2 is 2.40 bits per heavy atom. The molecule has 0 radical (unpaired) electrons. The van der Waals surface area contributed by atoms with Crippen LogP contribution in [-0.2, 0) is 4.79 Å². The molecule has 1 heterocycles. The summed E-state index contributed by atoms with van der Waals surface area (Å²) in [4.78, 5) is 21.7. The normalized spacial score (nSPS) is 12.1. The van der Waals surface area contributed by atoms with E-state index >= 15 is 0 Å². The van der Waals surface area contributed by atoms with Gasteiger partial charge in [-0.2, -0.15) is 15.4 Å². The van der Waals surface area contributed by atoms with Crippen LogP contribution in [0, 0.1) is 5.92 Å². The van der Waals surface area contributed by atoms with Gasteiger partial charge >= 0.3 is 5.97 Å². The predicted molar refractivity (Wildman–Crippen MR) is 50.1 cm³/mol. The predicted octanol–water partition coefficient (Wildman–Crippen LogP) is -0.355. The second-order valence-electron chi connectivity index (χ2n) is 3.27. The standard InChI is InChI=1S/C8H12N4O3/c1-5(2-7(13)14)3-9-8(15)6-4-10-12-11-6/h4-5H,2-3H2,1H3,(H,9,15)(H,13,14)(H,10,11,12). The van der Waals surface area contributed by atoms with E-state index in [0.29, 0.717) is 6.54 Å². The fourth-order valence-electron chi connectivity index (χ4n) is 1.04. The molecule has 0 fully saturated rings. The van der Waals surface area contributed by atoms with E-state index in [-0.39, 0.29) is 23.9 Å². The Balaban J connectivity index is 2.31. The highest BCUT2D eigenvalue weighted by Gasteiger charge is 2.11. The Kier molecular flexibility index (Phi) is 3.78. The first-order valence-corrected chi connectivity index (χ1v) is 4.45. The number of H-pyrrole nitrogens is 1. The molecule has 1 atom stereocenters. The van der Waals surface area contributed by atoms with Crippen molar-refractivity contribution in [3.8, 4) is 0 Å². The number of carboxylic acid groups (broad SMARTS) is 1. The zero-order chi connectivity index (χ0) is 11.3. The summed E-state index contributed by atoms with van der Waals surface area (Å²) in [6.45, 7) is 2.05. The van der Waals surface area contributed by atoms with Gasteiger partial charge in [0.1, 0.15) is 0 Å². The third kappa shape index (κ3) is 3.75. The Bertz CT molecular complexity index is 336. The SMILES string of the molecule is CC(CNC(=O)c1cn[nH]n1)CC(=O)O. The highest BCUT2D eigenvalue weighted by atomic mass is 16.4. The number of aromatic amines is 1. The molecule has 3 N–H and O–H groups in total. The van der Waals surface area contributed by atoms with Crippen LogP contribution in [0.25, 0.3) is 0 Å². The number of aliphatic carboxylic acids is 1. The van der Waals surface area contributed by atoms with E-state index in [4.69, 9.17) is 5.11 Å². The quantitative estimate of drug-likeness (QED) is 0.618. The number of rotatable bonds is 5. The minimum Gasteiger partial charge on any atom is -0.481 e. The van der Waals surface area contributed by atoms with Crippen molar-refractivity contribution in [1.82, 2.24) is 20.7 Å². The molecule has 15 heavy (non-hydrogen) atoms. The summed E-state index contributed by atoms with van der Waals surface area (Å²) in [6, 6.07) is 0. The smallest absolute Gasteiger partial charge is 0.303 e. The Morgan fingerprint density at radius 1 is 1.67 bits per heavy atom. The van der Waals surface area contributed by atoms with Gasteiger partial charge in [0.2, 0.25) is 0 Å². The first-order chi connectivity index (χ1) is 7.09. The van der Waals surface area contributed by atoms with Crippen LogP contribution in [0.2, 0.25) is 0 Å². The lowest BCUT2D eigenvalue weighted by atomic mass is 10.1. The summed E-state index contributed by atoms with van der Waals surface area (Å²) in [6.07, 6.45) is 1.33. The van der Waals surface area contributed by atoms with Crippen molar-refractivity contribution < 1.29 is 14.7 Å². The van der Waals surface area contributed by atoms with Gasteiger partial charge in [-0.25, -0.2) is 0 Å². The molecule has 1 rings (SSSR count). The minimum atomic E-state index is -0.877. The number of hydrogen-bond donors (Lipinski definition) is 3. The molecule has 0 aliphatic carbocycles. The number of carboxylic acids is 1. The van der Waals surface area contributed by atoms with Gasteiger partial charge in [-0.1, -0.05) is 6.92 Å². The maximum atomic E-state index is 11.3. The molecule has 0 bridgehead atoms. The monoisotopic (exact) mass is 212 g/mol. The minimum absolute atomic E-state index is 0.0269. The maximum absolute atomic E-state index is 11.3. The van der Waals surface area contributed by atoms with E-state index in [1.54, 1.807) is 6.92 Å². The topological polar surface area (TPSA) is 108 Å². The number of carbonyl (C=O) groups is 2. The summed E-state index contributed by atoms with van der Waals surface area (Å²) in [5.41, 5.74) is 0.192. The van der Waals surface area contributed by atoms with Crippen molar-refractivity contribution in [3.05, 3.63) is 11.9 Å². The van der Waals surface area contributed by atoms with Gasteiger partial charge < -0.3 is 10.4 Å². The Labute approximate surface area is 85.9 Å². The van der Waals surface area contributed by atoms with Crippen LogP contribution in [-0.4, -0.2) is 38.9 Å². The average molecular weight is 212 g/mol. The van der Waals surface area contributed by atoms with Crippen molar-refractivity contribution in [3.63, 3.8) is 0 Å². The van der Waals surface area contributed by atoms with Crippen LogP contribution in [0.3, 0.4) is 0 Å². The van der Waals surface area contributed by atoms with E-state index in [2.05, 4.69) is 20.7 Å². The first-order valence-electron chi connectivity index (χ1n) is 4.45. The van der Waals surface area contributed by atoms with Crippen LogP contribution in [0.4, 0.5) is 0 Å². The van der Waals surface area contributed by atoms with Gasteiger partial charge in [0.25, 0.3) is 5.91 Å². The van der Waals surface area contributed by atoms with E-state index in [9.17, 15) is 9.59 Å². The van der Waals surface area contributed by atoms with Crippen LogP contribution < -0.4 is 5.32 Å². The van der Waals surface area contributed by atoms with E-state index in [1.807, 2.05) is 0 Å². The second kappa shape index (κ2) is 5.08. The number of aromatic nitrogens is 3. The largest absolute Gasteiger partial charge is 0.481 e. The number of carbonyl (C=O) groups excluding carboxylic acids is 1. The zero-order valence-electron chi connectivity index (χ0n) is 8.23. The van der Waals surface area contributed by atoms with Gasteiger partial charge in [-0.15, -0.1) is 0 Å². The molecular formula is C8H12N4O3. The van der Waals surface area contributed by atoms with Crippen molar-refractivity contribution in [2.75, 3.05) is 6.54 Å². The van der Waals surface area contributed by atoms with Gasteiger partial charge in [-0.05, 0) is 5.92 Å². The Morgan fingerprint density at radius 3 is 2.93 bits per heavy atom. The molecule has 0 aliphatic heterocycles. The number of hydrogen-bond acceptors (Lipinski definition) is 4. The number of nitrogens with one attached hydrogen (secondary N) is 2. The summed E-state index contributed by atoms with van der Waals surface area (Å²) in [5, 5.41) is 20.5. The van der Waals surface area contributed by atoms with E-state index < -0.39 is 5.97 Å². The molecule has 1 unspecified atom stereocenters.